The lowest BCUT2D eigenvalue weighted by molar-refractivity contribution is -0.174. The topological polar surface area (TPSA) is 35.5 Å². The maximum absolute atomic E-state index is 12.1. The van der Waals surface area contributed by atoms with E-state index in [0.29, 0.717) is 6.42 Å². The molecule has 0 saturated heterocycles. The molecule has 0 aromatic rings. The van der Waals surface area contributed by atoms with Gasteiger partial charge in [0.2, 0.25) is 0 Å². The van der Waals surface area contributed by atoms with Crippen LogP contribution in [0.1, 0.15) is 40.5 Å². The maximum atomic E-state index is 12.1. The molecule has 0 spiro atoms. The van der Waals surface area contributed by atoms with Gasteiger partial charge in [0.25, 0.3) is 0 Å². The van der Waals surface area contributed by atoms with E-state index in [9.17, 15) is 4.79 Å². The molecule has 1 aliphatic carbocycles. The van der Waals surface area contributed by atoms with E-state index in [1.807, 2.05) is 32.9 Å². The van der Waals surface area contributed by atoms with Crippen LogP contribution in [-0.4, -0.2) is 24.3 Å². The molecule has 0 fully saturated rings. The standard InChI is InChI=1S/C14H22O3/c1-6-11-7-9-14(16-5,10-8-11)12(15)17-13(2,3)4/h7-9H,6,10H2,1-5H3. The van der Waals surface area contributed by atoms with Crippen LogP contribution in [0, 0.1) is 0 Å². The number of hydrogen-bond acceptors (Lipinski definition) is 3. The average molecular weight is 238 g/mol. The van der Waals surface area contributed by atoms with Crippen LogP contribution in [0.4, 0.5) is 0 Å². The van der Waals surface area contributed by atoms with Crippen LogP contribution in [0.5, 0.6) is 0 Å². The summed E-state index contributed by atoms with van der Waals surface area (Å²) in [4.78, 5) is 12.1. The molecule has 0 aromatic carbocycles. The summed E-state index contributed by atoms with van der Waals surface area (Å²) in [5, 5.41) is 0. The number of methoxy groups -OCH3 is 1. The Labute approximate surface area is 103 Å². The summed E-state index contributed by atoms with van der Waals surface area (Å²) in [6.45, 7) is 7.65. The normalized spacial score (nSPS) is 24.4. The Morgan fingerprint density at radius 3 is 2.47 bits per heavy atom. The van der Waals surface area contributed by atoms with Gasteiger partial charge in [-0.1, -0.05) is 24.6 Å². The van der Waals surface area contributed by atoms with E-state index in [2.05, 4.69) is 6.92 Å². The van der Waals surface area contributed by atoms with Crippen molar-refractivity contribution in [3.8, 4) is 0 Å². The Kier molecular flexibility index (Phi) is 4.15. The van der Waals surface area contributed by atoms with E-state index >= 15 is 0 Å². The van der Waals surface area contributed by atoms with Crippen LogP contribution in [0.25, 0.3) is 0 Å². The smallest absolute Gasteiger partial charge is 0.343 e. The average Bonchev–Trinajstić information content (AvgIpc) is 2.27. The van der Waals surface area contributed by atoms with E-state index < -0.39 is 11.2 Å². The third-order valence-electron chi connectivity index (χ3n) is 2.75. The minimum Gasteiger partial charge on any atom is -0.458 e. The highest BCUT2D eigenvalue weighted by Crippen LogP contribution is 2.28. The van der Waals surface area contributed by atoms with Gasteiger partial charge in [0.15, 0.2) is 5.60 Å². The van der Waals surface area contributed by atoms with Gasteiger partial charge in [0, 0.05) is 13.5 Å². The van der Waals surface area contributed by atoms with Gasteiger partial charge in [-0.3, -0.25) is 0 Å². The van der Waals surface area contributed by atoms with E-state index in [0.717, 1.165) is 6.42 Å². The Bertz CT molecular complexity index is 347. The van der Waals surface area contributed by atoms with Crippen LogP contribution in [-0.2, 0) is 14.3 Å². The molecule has 0 N–H and O–H groups in total. The minimum atomic E-state index is -0.952. The van der Waals surface area contributed by atoms with Crippen molar-refractivity contribution >= 4 is 5.97 Å². The Morgan fingerprint density at radius 1 is 1.47 bits per heavy atom. The van der Waals surface area contributed by atoms with Crippen molar-refractivity contribution < 1.29 is 14.3 Å². The summed E-state index contributed by atoms with van der Waals surface area (Å²) in [6.07, 6.45) is 7.28. The van der Waals surface area contributed by atoms with Crippen molar-refractivity contribution in [3.63, 3.8) is 0 Å². The van der Waals surface area contributed by atoms with E-state index in [-0.39, 0.29) is 5.97 Å². The third kappa shape index (κ3) is 3.43. The summed E-state index contributed by atoms with van der Waals surface area (Å²) in [6, 6.07) is 0. The lowest BCUT2D eigenvalue weighted by Gasteiger charge is -2.32. The van der Waals surface area contributed by atoms with E-state index in [4.69, 9.17) is 9.47 Å². The predicted molar refractivity (Wildman–Crippen MR) is 67.7 cm³/mol. The van der Waals surface area contributed by atoms with E-state index in [1.54, 1.807) is 13.2 Å². The zero-order chi connectivity index (χ0) is 13.1. The minimum absolute atomic E-state index is 0.324. The van der Waals surface area contributed by atoms with Crippen LogP contribution >= 0.6 is 0 Å². The first-order valence-electron chi connectivity index (χ1n) is 6.00. The summed E-state index contributed by atoms with van der Waals surface area (Å²) in [5.41, 5.74) is -0.224. The number of esters is 1. The largest absolute Gasteiger partial charge is 0.458 e. The molecule has 0 aromatic heterocycles. The first-order valence-corrected chi connectivity index (χ1v) is 6.00. The molecule has 0 aliphatic heterocycles. The van der Waals surface area contributed by atoms with Gasteiger partial charge < -0.3 is 9.47 Å². The molecule has 3 nitrogen and oxygen atoms in total. The van der Waals surface area contributed by atoms with E-state index in [1.165, 1.54) is 5.57 Å². The first kappa shape index (κ1) is 14.0. The van der Waals surface area contributed by atoms with Crippen LogP contribution in [0.3, 0.4) is 0 Å². The summed E-state index contributed by atoms with van der Waals surface area (Å²) in [7, 11) is 1.54. The zero-order valence-corrected chi connectivity index (χ0v) is 11.4. The summed E-state index contributed by atoms with van der Waals surface area (Å²) >= 11 is 0. The van der Waals surface area contributed by atoms with Crippen LogP contribution in [0.15, 0.2) is 23.8 Å². The first-order chi connectivity index (χ1) is 7.83. The Hall–Kier alpha value is -1.09. The van der Waals surface area contributed by atoms with Crippen molar-refractivity contribution in [2.45, 2.75) is 51.7 Å². The van der Waals surface area contributed by atoms with Crippen molar-refractivity contribution in [2.24, 2.45) is 0 Å². The lowest BCUT2D eigenvalue weighted by atomic mass is 9.91. The molecule has 17 heavy (non-hydrogen) atoms. The van der Waals surface area contributed by atoms with Crippen molar-refractivity contribution in [3.05, 3.63) is 23.8 Å². The quantitative estimate of drug-likeness (QED) is 0.709. The molecule has 96 valence electrons. The molecule has 0 saturated carbocycles. The fraction of sp³-hybridized carbons (Fsp3) is 0.643. The number of carbonyl (C=O) groups excluding carboxylic acids is 1. The number of rotatable bonds is 3. The molecule has 1 atom stereocenters. The Balaban J connectivity index is 2.83. The second-order valence-corrected chi connectivity index (χ2v) is 5.27. The number of ether oxygens (including phenoxy) is 2. The Morgan fingerprint density at radius 2 is 2.12 bits per heavy atom. The summed E-state index contributed by atoms with van der Waals surface area (Å²) < 4.78 is 10.8. The molecule has 1 aliphatic rings. The fourth-order valence-electron chi connectivity index (χ4n) is 1.67. The highest BCUT2D eigenvalue weighted by Gasteiger charge is 2.40. The molecular formula is C14H22O3. The molecule has 1 rings (SSSR count). The molecule has 0 radical (unpaired) electrons. The third-order valence-corrected chi connectivity index (χ3v) is 2.75. The van der Waals surface area contributed by atoms with Crippen molar-refractivity contribution in [1.29, 1.82) is 0 Å². The molecule has 1 unspecified atom stereocenters. The zero-order valence-electron chi connectivity index (χ0n) is 11.4. The van der Waals surface area contributed by atoms with Gasteiger partial charge in [0.05, 0.1) is 0 Å². The molecule has 0 heterocycles. The molecular weight excluding hydrogens is 216 g/mol. The highest BCUT2D eigenvalue weighted by atomic mass is 16.6. The number of carbonyl (C=O) groups is 1. The van der Waals surface area contributed by atoms with Crippen LogP contribution < -0.4 is 0 Å². The molecule has 0 bridgehead atoms. The van der Waals surface area contributed by atoms with Crippen LogP contribution in [0.2, 0.25) is 0 Å². The monoisotopic (exact) mass is 238 g/mol. The molecule has 3 heteroatoms. The maximum Gasteiger partial charge on any atom is 0.343 e. The SMILES string of the molecule is CCC1=CCC(OC)(C(=O)OC(C)(C)C)C=C1. The predicted octanol–water partition coefficient (Wildman–Crippen LogP) is 3.01. The number of allylic oxidation sites excluding steroid dienone is 2. The second kappa shape index (κ2) is 5.05. The van der Waals surface area contributed by atoms with Gasteiger partial charge in [-0.15, -0.1) is 0 Å². The fourth-order valence-corrected chi connectivity index (χ4v) is 1.67. The highest BCUT2D eigenvalue weighted by molar-refractivity contribution is 5.83. The van der Waals surface area contributed by atoms with Gasteiger partial charge in [0.1, 0.15) is 5.60 Å². The second-order valence-electron chi connectivity index (χ2n) is 5.27. The lowest BCUT2D eigenvalue weighted by Crippen LogP contribution is -2.44. The summed E-state index contributed by atoms with van der Waals surface area (Å²) in [5.74, 6) is -0.324. The van der Waals surface area contributed by atoms with Gasteiger partial charge in [-0.05, 0) is 33.3 Å². The number of hydrogen-bond donors (Lipinski definition) is 0. The van der Waals surface area contributed by atoms with Gasteiger partial charge in [-0.2, -0.15) is 0 Å². The van der Waals surface area contributed by atoms with Crippen molar-refractivity contribution in [1.82, 2.24) is 0 Å². The molecule has 0 amide bonds. The van der Waals surface area contributed by atoms with Gasteiger partial charge >= 0.3 is 5.97 Å². The van der Waals surface area contributed by atoms with Gasteiger partial charge in [-0.25, -0.2) is 4.79 Å². The van der Waals surface area contributed by atoms with Crippen molar-refractivity contribution in [2.75, 3.05) is 7.11 Å².